The third-order valence-corrected chi connectivity index (χ3v) is 4.45. The van der Waals surface area contributed by atoms with Crippen LogP contribution in [0.3, 0.4) is 0 Å². The van der Waals surface area contributed by atoms with Gasteiger partial charge in [0.1, 0.15) is 0 Å². The first-order chi connectivity index (χ1) is 12.0. The Labute approximate surface area is 148 Å². The molecule has 1 amide bonds. The minimum Gasteiger partial charge on any atom is -0.383 e. The van der Waals surface area contributed by atoms with Gasteiger partial charge in [-0.15, -0.1) is 0 Å². The highest BCUT2D eigenvalue weighted by Crippen LogP contribution is 2.35. The highest BCUT2D eigenvalue weighted by atomic mass is 16.1. The number of aryl methyl sites for hydroxylation is 1. The third-order valence-electron chi connectivity index (χ3n) is 4.45. The molecule has 0 aliphatic carbocycles. The summed E-state index contributed by atoms with van der Waals surface area (Å²) >= 11 is 0. The van der Waals surface area contributed by atoms with Crippen LogP contribution in [0.1, 0.15) is 25.8 Å². The van der Waals surface area contributed by atoms with E-state index < -0.39 is 0 Å². The largest absolute Gasteiger partial charge is 0.383 e. The molecule has 0 fully saturated rings. The van der Waals surface area contributed by atoms with Gasteiger partial charge in [-0.05, 0) is 65.6 Å². The molecule has 0 unspecified atom stereocenters. The van der Waals surface area contributed by atoms with Crippen LogP contribution in [0.5, 0.6) is 0 Å². The molecule has 0 aliphatic rings. The van der Waals surface area contributed by atoms with Gasteiger partial charge in [-0.2, -0.15) is 0 Å². The molecule has 0 saturated carbocycles. The van der Waals surface area contributed by atoms with E-state index in [1.54, 1.807) is 6.92 Å². The van der Waals surface area contributed by atoms with Crippen LogP contribution >= 0.6 is 0 Å². The highest BCUT2D eigenvalue weighted by molar-refractivity contribution is 6.09. The smallest absolute Gasteiger partial charge is 0.250 e. The maximum atomic E-state index is 12.2. The summed E-state index contributed by atoms with van der Waals surface area (Å²) in [4.78, 5) is 12.2. The maximum absolute atomic E-state index is 12.2. The monoisotopic (exact) mass is 332 g/mol. The standard InChI is InChI=1S/C22H24N2O/c1-5-10-23-21-15(4)19-12-17-9-7-6-8-16(17)11-18(19)13-20(21)24-22(25)14(2)3/h6-9,11-13,23H,2,5,10H2,1,3-4H3,(H,24,25). The molecule has 0 atom stereocenters. The van der Waals surface area contributed by atoms with Crippen LogP contribution in [-0.2, 0) is 4.79 Å². The molecule has 0 heterocycles. The lowest BCUT2D eigenvalue weighted by atomic mass is 9.97. The first-order valence-corrected chi connectivity index (χ1v) is 8.68. The van der Waals surface area contributed by atoms with Gasteiger partial charge in [0.05, 0.1) is 11.4 Å². The molecule has 0 spiro atoms. The lowest BCUT2D eigenvalue weighted by Crippen LogP contribution is -2.15. The lowest BCUT2D eigenvalue weighted by molar-refractivity contribution is -0.112. The molecule has 0 bridgehead atoms. The lowest BCUT2D eigenvalue weighted by Gasteiger charge is -2.18. The fourth-order valence-corrected chi connectivity index (χ4v) is 3.07. The quantitative estimate of drug-likeness (QED) is 0.469. The molecule has 25 heavy (non-hydrogen) atoms. The minimum atomic E-state index is -0.154. The molecular weight excluding hydrogens is 308 g/mol. The zero-order valence-corrected chi connectivity index (χ0v) is 15.1. The van der Waals surface area contributed by atoms with Gasteiger partial charge in [-0.1, -0.05) is 37.8 Å². The number of hydrogen-bond donors (Lipinski definition) is 2. The van der Waals surface area contributed by atoms with Crippen LogP contribution in [0.2, 0.25) is 0 Å². The SMILES string of the molecule is C=C(C)C(=O)Nc1cc2cc3ccccc3cc2c(C)c1NCCC. The summed E-state index contributed by atoms with van der Waals surface area (Å²) in [6.45, 7) is 10.5. The van der Waals surface area contributed by atoms with Crippen molar-refractivity contribution >= 4 is 38.8 Å². The van der Waals surface area contributed by atoms with E-state index in [4.69, 9.17) is 0 Å². The molecule has 0 aromatic heterocycles. The van der Waals surface area contributed by atoms with Crippen LogP contribution in [0, 0.1) is 6.92 Å². The number of carbonyl (C=O) groups excluding carboxylic acids is 1. The van der Waals surface area contributed by atoms with E-state index in [0.29, 0.717) is 5.57 Å². The van der Waals surface area contributed by atoms with E-state index in [1.807, 2.05) is 12.1 Å². The first kappa shape index (κ1) is 17.0. The summed E-state index contributed by atoms with van der Waals surface area (Å²) in [5, 5.41) is 11.2. The maximum Gasteiger partial charge on any atom is 0.250 e. The van der Waals surface area contributed by atoms with Gasteiger partial charge in [-0.25, -0.2) is 0 Å². The van der Waals surface area contributed by atoms with Crippen LogP contribution in [0.25, 0.3) is 21.5 Å². The fourth-order valence-electron chi connectivity index (χ4n) is 3.07. The fraction of sp³-hybridized carbons (Fsp3) is 0.227. The summed E-state index contributed by atoms with van der Waals surface area (Å²) in [5.41, 5.74) is 3.44. The van der Waals surface area contributed by atoms with Crippen molar-refractivity contribution in [1.82, 2.24) is 0 Å². The average Bonchev–Trinajstić information content (AvgIpc) is 2.60. The van der Waals surface area contributed by atoms with E-state index in [-0.39, 0.29) is 5.91 Å². The van der Waals surface area contributed by atoms with Crippen molar-refractivity contribution in [2.45, 2.75) is 27.2 Å². The number of carbonyl (C=O) groups is 1. The van der Waals surface area contributed by atoms with Crippen molar-refractivity contribution in [2.24, 2.45) is 0 Å². The summed E-state index contributed by atoms with van der Waals surface area (Å²) < 4.78 is 0. The molecule has 2 N–H and O–H groups in total. The van der Waals surface area contributed by atoms with E-state index in [1.165, 1.54) is 16.2 Å². The predicted octanol–water partition coefficient (Wildman–Crippen LogP) is 5.64. The molecule has 3 aromatic rings. The minimum absolute atomic E-state index is 0.154. The topological polar surface area (TPSA) is 41.1 Å². The Bertz CT molecular complexity index is 973. The second-order valence-corrected chi connectivity index (χ2v) is 6.51. The van der Waals surface area contributed by atoms with Crippen molar-refractivity contribution in [3.8, 4) is 0 Å². The Morgan fingerprint density at radius 3 is 2.40 bits per heavy atom. The molecule has 3 rings (SSSR count). The number of fused-ring (bicyclic) bond motifs is 2. The molecule has 3 nitrogen and oxygen atoms in total. The zero-order chi connectivity index (χ0) is 18.0. The van der Waals surface area contributed by atoms with Crippen LogP contribution in [0.4, 0.5) is 11.4 Å². The highest BCUT2D eigenvalue weighted by Gasteiger charge is 2.13. The van der Waals surface area contributed by atoms with Crippen molar-refractivity contribution in [2.75, 3.05) is 17.2 Å². The third kappa shape index (κ3) is 3.36. The number of rotatable bonds is 5. The molecule has 0 radical (unpaired) electrons. The number of nitrogens with one attached hydrogen (secondary N) is 2. The number of amides is 1. The van der Waals surface area contributed by atoms with Gasteiger partial charge in [0.15, 0.2) is 0 Å². The van der Waals surface area contributed by atoms with Gasteiger partial charge in [0.25, 0.3) is 5.91 Å². The Morgan fingerprint density at radius 1 is 1.08 bits per heavy atom. The Morgan fingerprint density at radius 2 is 1.76 bits per heavy atom. The molecule has 3 aromatic carbocycles. The van der Waals surface area contributed by atoms with Gasteiger partial charge in [-0.3, -0.25) is 4.79 Å². The molecule has 128 valence electrons. The van der Waals surface area contributed by atoms with Crippen LogP contribution in [-0.4, -0.2) is 12.5 Å². The first-order valence-electron chi connectivity index (χ1n) is 8.68. The molecule has 3 heteroatoms. The van der Waals surface area contributed by atoms with Crippen molar-refractivity contribution in [3.63, 3.8) is 0 Å². The molecular formula is C22H24N2O. The van der Waals surface area contributed by atoms with Crippen molar-refractivity contribution in [3.05, 3.63) is 60.2 Å². The van der Waals surface area contributed by atoms with Gasteiger partial charge < -0.3 is 10.6 Å². The predicted molar refractivity (Wildman–Crippen MR) is 108 cm³/mol. The molecule has 0 aliphatic heterocycles. The van der Waals surface area contributed by atoms with Crippen LogP contribution in [0.15, 0.2) is 54.6 Å². The van der Waals surface area contributed by atoms with Gasteiger partial charge in [0, 0.05) is 12.1 Å². The number of hydrogen-bond acceptors (Lipinski definition) is 2. The zero-order valence-electron chi connectivity index (χ0n) is 15.1. The summed E-state index contributed by atoms with van der Waals surface area (Å²) in [7, 11) is 0. The van der Waals surface area contributed by atoms with E-state index in [2.05, 4.69) is 61.4 Å². The van der Waals surface area contributed by atoms with E-state index in [9.17, 15) is 4.79 Å². The van der Waals surface area contributed by atoms with E-state index >= 15 is 0 Å². The summed E-state index contributed by atoms with van der Waals surface area (Å²) in [6, 6.07) is 14.8. The molecule has 0 saturated heterocycles. The normalized spacial score (nSPS) is 10.8. The number of anilines is 2. The van der Waals surface area contributed by atoms with Crippen LogP contribution < -0.4 is 10.6 Å². The summed E-state index contributed by atoms with van der Waals surface area (Å²) in [6.07, 6.45) is 1.02. The average molecular weight is 332 g/mol. The van der Waals surface area contributed by atoms with Gasteiger partial charge >= 0.3 is 0 Å². The van der Waals surface area contributed by atoms with Crippen molar-refractivity contribution < 1.29 is 4.79 Å². The second-order valence-electron chi connectivity index (χ2n) is 6.51. The Balaban J connectivity index is 2.22. The second kappa shape index (κ2) is 6.98. The Kier molecular flexibility index (Phi) is 4.75. The Hall–Kier alpha value is -2.81. The van der Waals surface area contributed by atoms with E-state index in [0.717, 1.165) is 35.3 Å². The number of benzene rings is 3. The summed E-state index contributed by atoms with van der Waals surface area (Å²) in [5.74, 6) is -0.154. The van der Waals surface area contributed by atoms with Crippen molar-refractivity contribution in [1.29, 1.82) is 0 Å². The van der Waals surface area contributed by atoms with Gasteiger partial charge in [0.2, 0.25) is 0 Å².